The monoisotopic (exact) mass is 254 g/mol. The summed E-state index contributed by atoms with van der Waals surface area (Å²) in [5.74, 6) is -0.555. The Labute approximate surface area is 102 Å². The van der Waals surface area contributed by atoms with Crippen LogP contribution in [-0.4, -0.2) is 15.9 Å². The van der Waals surface area contributed by atoms with Gasteiger partial charge in [-0.25, -0.2) is 0 Å². The number of nitrogens with one attached hydrogen (secondary N) is 2. The Bertz CT molecular complexity index is 489. The number of nitrogens with two attached hydrogens (primary N) is 1. The zero-order valence-electron chi connectivity index (χ0n) is 8.89. The number of nitro groups is 1. The number of nitrogens with zero attached hydrogens (tertiary/aromatic N) is 1. The van der Waals surface area contributed by atoms with Gasteiger partial charge in [0.05, 0.1) is 4.92 Å². The lowest BCUT2D eigenvalue weighted by molar-refractivity contribution is -0.385. The fourth-order valence-corrected chi connectivity index (χ4v) is 1.19. The minimum absolute atomic E-state index is 0.0973. The predicted molar refractivity (Wildman–Crippen MR) is 65.2 cm³/mol. The van der Waals surface area contributed by atoms with Crippen LogP contribution in [0.25, 0.3) is 0 Å². The van der Waals surface area contributed by atoms with E-state index in [1.807, 2.05) is 0 Å². The molecule has 1 aromatic carbocycles. The van der Waals surface area contributed by atoms with Crippen LogP contribution in [-0.2, 0) is 0 Å². The predicted octanol–water partition coefficient (Wildman–Crippen LogP) is 0.381. The number of aryl methyl sites for hydroxylation is 1. The zero-order chi connectivity index (χ0) is 13.0. The number of hydrogen-bond acceptors (Lipinski definition) is 4. The van der Waals surface area contributed by atoms with E-state index in [1.165, 1.54) is 18.2 Å². The third kappa shape index (κ3) is 3.38. The maximum atomic E-state index is 11.5. The zero-order valence-corrected chi connectivity index (χ0v) is 9.71. The number of benzene rings is 1. The lowest BCUT2D eigenvalue weighted by Gasteiger charge is -2.06. The standard InChI is InChI=1S/C9H10N4O3S/c1-5-2-3-6(4-7(5)13(15)16)8(14)11-12-9(10)17/h2-4H,1H3,(H,11,14)(H3,10,12,17). The first-order valence-electron chi connectivity index (χ1n) is 4.52. The molecule has 1 aromatic rings. The molecule has 8 heteroatoms. The van der Waals surface area contributed by atoms with Gasteiger partial charge in [0.1, 0.15) is 0 Å². The molecule has 1 rings (SSSR count). The minimum atomic E-state index is -0.555. The summed E-state index contributed by atoms with van der Waals surface area (Å²) in [6.07, 6.45) is 0. The second-order valence-corrected chi connectivity index (χ2v) is 3.64. The fraction of sp³-hybridized carbons (Fsp3) is 0.111. The molecule has 0 aliphatic rings. The first-order valence-corrected chi connectivity index (χ1v) is 4.93. The van der Waals surface area contributed by atoms with E-state index >= 15 is 0 Å². The summed E-state index contributed by atoms with van der Waals surface area (Å²) in [5.41, 5.74) is 10.1. The van der Waals surface area contributed by atoms with Gasteiger partial charge in [-0.15, -0.1) is 0 Å². The molecule has 1 amide bonds. The number of hydrogen-bond donors (Lipinski definition) is 3. The van der Waals surface area contributed by atoms with Crippen molar-refractivity contribution in [2.24, 2.45) is 5.73 Å². The number of carbonyl (C=O) groups is 1. The third-order valence-corrected chi connectivity index (χ3v) is 2.07. The highest BCUT2D eigenvalue weighted by Crippen LogP contribution is 2.18. The van der Waals surface area contributed by atoms with Crippen LogP contribution < -0.4 is 16.6 Å². The van der Waals surface area contributed by atoms with Crippen molar-refractivity contribution < 1.29 is 9.72 Å². The molecule has 90 valence electrons. The first kappa shape index (κ1) is 12.8. The molecule has 0 aliphatic carbocycles. The van der Waals surface area contributed by atoms with Crippen molar-refractivity contribution >= 4 is 28.9 Å². The van der Waals surface area contributed by atoms with Crippen molar-refractivity contribution in [1.29, 1.82) is 0 Å². The van der Waals surface area contributed by atoms with Gasteiger partial charge >= 0.3 is 0 Å². The highest BCUT2D eigenvalue weighted by molar-refractivity contribution is 7.80. The van der Waals surface area contributed by atoms with E-state index in [-0.39, 0.29) is 16.4 Å². The van der Waals surface area contributed by atoms with Crippen LogP contribution in [0.2, 0.25) is 0 Å². The summed E-state index contributed by atoms with van der Waals surface area (Å²) in [5, 5.41) is 10.6. The van der Waals surface area contributed by atoms with Gasteiger partial charge in [-0.2, -0.15) is 0 Å². The van der Waals surface area contributed by atoms with E-state index in [0.717, 1.165) is 0 Å². The first-order chi connectivity index (χ1) is 7.91. The van der Waals surface area contributed by atoms with Crippen molar-refractivity contribution in [1.82, 2.24) is 10.9 Å². The van der Waals surface area contributed by atoms with E-state index < -0.39 is 10.8 Å². The topological polar surface area (TPSA) is 110 Å². The largest absolute Gasteiger partial charge is 0.375 e. The molecule has 0 spiro atoms. The molecule has 0 saturated carbocycles. The van der Waals surface area contributed by atoms with Gasteiger partial charge in [-0.1, -0.05) is 6.07 Å². The Morgan fingerprint density at radius 3 is 2.65 bits per heavy atom. The number of amides is 1. The van der Waals surface area contributed by atoms with Crippen molar-refractivity contribution in [2.45, 2.75) is 6.92 Å². The summed E-state index contributed by atoms with van der Waals surface area (Å²) in [7, 11) is 0. The Morgan fingerprint density at radius 2 is 2.12 bits per heavy atom. The molecular weight excluding hydrogens is 244 g/mol. The molecule has 4 N–H and O–H groups in total. The molecule has 17 heavy (non-hydrogen) atoms. The number of carbonyl (C=O) groups excluding carboxylic acids is 1. The Hall–Kier alpha value is -2.22. The number of rotatable bonds is 2. The van der Waals surface area contributed by atoms with E-state index in [1.54, 1.807) is 6.92 Å². The second-order valence-electron chi connectivity index (χ2n) is 3.20. The average Bonchev–Trinajstić information content (AvgIpc) is 2.26. The normalized spacial score (nSPS) is 9.47. The Morgan fingerprint density at radius 1 is 1.47 bits per heavy atom. The van der Waals surface area contributed by atoms with Gasteiger partial charge in [0, 0.05) is 17.2 Å². The van der Waals surface area contributed by atoms with Crippen molar-refractivity contribution in [3.8, 4) is 0 Å². The second kappa shape index (κ2) is 5.21. The van der Waals surface area contributed by atoms with E-state index in [0.29, 0.717) is 5.56 Å². The van der Waals surface area contributed by atoms with Gasteiger partial charge in [-0.05, 0) is 25.2 Å². The van der Waals surface area contributed by atoms with E-state index in [9.17, 15) is 14.9 Å². The Balaban J connectivity index is 2.92. The molecule has 0 atom stereocenters. The van der Waals surface area contributed by atoms with Gasteiger partial charge in [0.25, 0.3) is 11.6 Å². The smallest absolute Gasteiger partial charge is 0.273 e. The lowest BCUT2D eigenvalue weighted by Crippen LogP contribution is -2.44. The highest BCUT2D eigenvalue weighted by Gasteiger charge is 2.14. The van der Waals surface area contributed by atoms with Crippen LogP contribution >= 0.6 is 12.2 Å². The van der Waals surface area contributed by atoms with Gasteiger partial charge in [0.15, 0.2) is 5.11 Å². The molecular formula is C9H10N4O3S. The van der Waals surface area contributed by atoms with Crippen LogP contribution in [0.5, 0.6) is 0 Å². The minimum Gasteiger partial charge on any atom is -0.375 e. The van der Waals surface area contributed by atoms with Gasteiger partial charge < -0.3 is 5.73 Å². The van der Waals surface area contributed by atoms with E-state index in [2.05, 4.69) is 23.1 Å². The van der Waals surface area contributed by atoms with Gasteiger partial charge in [-0.3, -0.25) is 25.8 Å². The van der Waals surface area contributed by atoms with Crippen LogP contribution in [0.1, 0.15) is 15.9 Å². The fourth-order valence-electron chi connectivity index (χ4n) is 1.14. The summed E-state index contributed by atoms with van der Waals surface area (Å²) in [4.78, 5) is 21.7. The molecule has 0 aliphatic heterocycles. The van der Waals surface area contributed by atoms with E-state index in [4.69, 9.17) is 5.73 Å². The van der Waals surface area contributed by atoms with Crippen molar-refractivity contribution in [3.05, 3.63) is 39.4 Å². The number of nitro benzene ring substituents is 1. The summed E-state index contributed by atoms with van der Waals surface area (Å²) in [6.45, 7) is 1.59. The summed E-state index contributed by atoms with van der Waals surface area (Å²) >= 11 is 4.50. The number of thiocarbonyl (C=S) groups is 1. The molecule has 0 heterocycles. The highest BCUT2D eigenvalue weighted by atomic mass is 32.1. The van der Waals surface area contributed by atoms with Crippen LogP contribution in [0.4, 0.5) is 5.69 Å². The molecule has 0 radical (unpaired) electrons. The van der Waals surface area contributed by atoms with Crippen LogP contribution in [0.15, 0.2) is 18.2 Å². The Kier molecular flexibility index (Phi) is 3.94. The van der Waals surface area contributed by atoms with Crippen LogP contribution in [0.3, 0.4) is 0 Å². The maximum Gasteiger partial charge on any atom is 0.273 e. The lowest BCUT2D eigenvalue weighted by atomic mass is 10.1. The van der Waals surface area contributed by atoms with Gasteiger partial charge in [0.2, 0.25) is 0 Å². The number of hydrazine groups is 1. The van der Waals surface area contributed by atoms with Crippen molar-refractivity contribution in [3.63, 3.8) is 0 Å². The average molecular weight is 254 g/mol. The summed E-state index contributed by atoms with van der Waals surface area (Å²) in [6, 6.07) is 4.15. The summed E-state index contributed by atoms with van der Waals surface area (Å²) < 4.78 is 0. The molecule has 0 fully saturated rings. The quantitative estimate of drug-likeness (QED) is 0.400. The maximum absolute atomic E-state index is 11.5. The molecule has 0 aromatic heterocycles. The molecule has 7 nitrogen and oxygen atoms in total. The molecule has 0 bridgehead atoms. The van der Waals surface area contributed by atoms with Crippen LogP contribution in [0, 0.1) is 17.0 Å². The third-order valence-electron chi connectivity index (χ3n) is 1.97. The molecule has 0 saturated heterocycles. The molecule has 0 unspecified atom stereocenters. The van der Waals surface area contributed by atoms with Crippen molar-refractivity contribution in [2.75, 3.05) is 0 Å². The SMILES string of the molecule is Cc1ccc(C(=O)NNC(N)=S)cc1[N+](=O)[O-].